The van der Waals surface area contributed by atoms with Crippen LogP contribution in [0.2, 0.25) is 0 Å². The summed E-state index contributed by atoms with van der Waals surface area (Å²) in [6.07, 6.45) is -1.30. The third-order valence-corrected chi connectivity index (χ3v) is 5.12. The summed E-state index contributed by atoms with van der Waals surface area (Å²) >= 11 is 1.42. The highest BCUT2D eigenvalue weighted by molar-refractivity contribution is 7.22. The number of hydrogen-bond acceptors (Lipinski definition) is 5. The van der Waals surface area contributed by atoms with Gasteiger partial charge in [-0.25, -0.2) is 4.98 Å². The Labute approximate surface area is 142 Å². The van der Waals surface area contributed by atoms with Crippen molar-refractivity contribution in [2.75, 3.05) is 24.5 Å². The fraction of sp³-hybridized carbons (Fsp3) is 0.562. The number of benzene rings is 1. The Morgan fingerprint density at radius 3 is 3.00 bits per heavy atom. The quantitative estimate of drug-likeness (QED) is 0.870. The Balaban J connectivity index is 1.83. The van der Waals surface area contributed by atoms with Crippen molar-refractivity contribution in [3.63, 3.8) is 0 Å². The van der Waals surface area contributed by atoms with E-state index in [2.05, 4.69) is 26.9 Å². The van der Waals surface area contributed by atoms with E-state index in [0.717, 1.165) is 44.0 Å². The standard InChI is InChI=1S/C16H20F3N3OS/c1-2-3-4-11-10-20-7-8-22(11)15-21-13-6-5-12(9-14(13)24-15)23-16(17,18)19/h5-6,9,11,20H,2-4,7-8,10H2,1H3/t11-/m1/s1. The molecule has 1 aliphatic rings. The van der Waals surface area contributed by atoms with E-state index in [0.29, 0.717) is 16.3 Å². The number of unbranched alkanes of at least 4 members (excludes halogenated alkanes) is 1. The molecule has 0 unspecified atom stereocenters. The molecule has 2 heterocycles. The van der Waals surface area contributed by atoms with Crippen LogP contribution in [-0.4, -0.2) is 37.0 Å². The number of thiazole rings is 1. The maximum atomic E-state index is 12.4. The average molecular weight is 359 g/mol. The number of fused-ring (bicyclic) bond motifs is 1. The summed E-state index contributed by atoms with van der Waals surface area (Å²) in [6, 6.07) is 4.68. The molecule has 132 valence electrons. The number of aromatic nitrogens is 1. The third kappa shape index (κ3) is 4.10. The molecule has 1 fully saturated rings. The first-order chi connectivity index (χ1) is 11.5. The van der Waals surface area contributed by atoms with Gasteiger partial charge in [-0.3, -0.25) is 0 Å². The molecule has 1 aliphatic heterocycles. The van der Waals surface area contributed by atoms with Crippen LogP contribution in [0.15, 0.2) is 18.2 Å². The van der Waals surface area contributed by atoms with E-state index in [1.165, 1.54) is 23.5 Å². The molecule has 4 nitrogen and oxygen atoms in total. The molecular formula is C16H20F3N3OS. The zero-order valence-corrected chi connectivity index (χ0v) is 14.2. The van der Waals surface area contributed by atoms with Gasteiger partial charge in [-0.05, 0) is 18.6 Å². The van der Waals surface area contributed by atoms with Gasteiger partial charge in [-0.1, -0.05) is 31.1 Å². The number of alkyl halides is 3. The molecule has 0 amide bonds. The molecular weight excluding hydrogens is 339 g/mol. The molecule has 1 aromatic heterocycles. The second kappa shape index (κ2) is 7.14. The molecule has 1 atom stereocenters. The van der Waals surface area contributed by atoms with Gasteiger partial charge < -0.3 is 15.0 Å². The number of rotatable bonds is 5. The van der Waals surface area contributed by atoms with Crippen LogP contribution in [0.1, 0.15) is 26.2 Å². The first kappa shape index (κ1) is 17.3. The predicted molar refractivity (Wildman–Crippen MR) is 89.8 cm³/mol. The topological polar surface area (TPSA) is 37.4 Å². The van der Waals surface area contributed by atoms with Gasteiger partial charge in [0.2, 0.25) is 0 Å². The highest BCUT2D eigenvalue weighted by atomic mass is 32.1. The van der Waals surface area contributed by atoms with Crippen molar-refractivity contribution in [1.82, 2.24) is 10.3 Å². The number of halogens is 3. The lowest BCUT2D eigenvalue weighted by molar-refractivity contribution is -0.274. The Morgan fingerprint density at radius 1 is 1.42 bits per heavy atom. The van der Waals surface area contributed by atoms with Crippen molar-refractivity contribution < 1.29 is 17.9 Å². The lowest BCUT2D eigenvalue weighted by Gasteiger charge is -2.36. The van der Waals surface area contributed by atoms with Gasteiger partial charge in [0.1, 0.15) is 5.75 Å². The van der Waals surface area contributed by atoms with Crippen molar-refractivity contribution in [2.24, 2.45) is 0 Å². The summed E-state index contributed by atoms with van der Waals surface area (Å²) in [5.74, 6) is -0.201. The molecule has 3 rings (SSSR count). The Morgan fingerprint density at radius 2 is 2.25 bits per heavy atom. The summed E-state index contributed by atoms with van der Waals surface area (Å²) in [4.78, 5) is 6.89. The van der Waals surface area contributed by atoms with Gasteiger partial charge in [0.05, 0.1) is 10.2 Å². The molecule has 0 bridgehead atoms. The van der Waals surface area contributed by atoms with Crippen LogP contribution in [0.25, 0.3) is 10.2 Å². The van der Waals surface area contributed by atoms with Crippen LogP contribution in [0, 0.1) is 0 Å². The smallest absolute Gasteiger partial charge is 0.406 e. The van der Waals surface area contributed by atoms with Crippen LogP contribution in [0.4, 0.5) is 18.3 Å². The Kier molecular flexibility index (Phi) is 5.15. The van der Waals surface area contributed by atoms with Crippen LogP contribution < -0.4 is 15.0 Å². The molecule has 24 heavy (non-hydrogen) atoms. The average Bonchev–Trinajstić information content (AvgIpc) is 2.94. The van der Waals surface area contributed by atoms with Crippen LogP contribution in [0.5, 0.6) is 5.75 Å². The van der Waals surface area contributed by atoms with Gasteiger partial charge in [-0.2, -0.15) is 0 Å². The lowest BCUT2D eigenvalue weighted by Crippen LogP contribution is -2.51. The van der Waals surface area contributed by atoms with Crippen molar-refractivity contribution in [2.45, 2.75) is 38.6 Å². The number of anilines is 1. The van der Waals surface area contributed by atoms with E-state index in [1.54, 1.807) is 6.07 Å². The van der Waals surface area contributed by atoms with Crippen LogP contribution in [-0.2, 0) is 0 Å². The molecule has 2 aromatic rings. The zero-order chi connectivity index (χ0) is 17.2. The van der Waals surface area contributed by atoms with Gasteiger partial charge in [0.15, 0.2) is 5.13 Å². The van der Waals surface area contributed by atoms with Crippen molar-refractivity contribution in [3.05, 3.63) is 18.2 Å². The summed E-state index contributed by atoms with van der Waals surface area (Å²) in [5.41, 5.74) is 0.706. The zero-order valence-electron chi connectivity index (χ0n) is 13.4. The second-order valence-corrected chi connectivity index (χ2v) is 6.88. The molecule has 0 radical (unpaired) electrons. The van der Waals surface area contributed by atoms with E-state index in [-0.39, 0.29) is 5.75 Å². The molecule has 0 spiro atoms. The maximum absolute atomic E-state index is 12.4. The SMILES string of the molecule is CCCC[C@@H]1CNCCN1c1nc2ccc(OC(F)(F)F)cc2s1. The number of nitrogens with zero attached hydrogens (tertiary/aromatic N) is 2. The molecule has 1 N–H and O–H groups in total. The normalized spacial score (nSPS) is 19.0. The van der Waals surface area contributed by atoms with E-state index >= 15 is 0 Å². The number of piperazine rings is 1. The molecule has 8 heteroatoms. The van der Waals surface area contributed by atoms with E-state index in [4.69, 9.17) is 0 Å². The van der Waals surface area contributed by atoms with Crippen LogP contribution >= 0.6 is 11.3 Å². The maximum Gasteiger partial charge on any atom is 0.573 e. The van der Waals surface area contributed by atoms with Gasteiger partial charge in [-0.15, -0.1) is 13.2 Å². The fourth-order valence-electron chi connectivity index (χ4n) is 2.92. The Hall–Kier alpha value is -1.54. The molecule has 1 saturated heterocycles. The monoisotopic (exact) mass is 359 g/mol. The second-order valence-electron chi connectivity index (χ2n) is 5.87. The van der Waals surface area contributed by atoms with Gasteiger partial charge in [0, 0.05) is 31.7 Å². The Bertz CT molecular complexity index is 689. The number of nitrogens with one attached hydrogen (secondary N) is 1. The van der Waals surface area contributed by atoms with E-state index in [1.807, 2.05) is 0 Å². The fourth-order valence-corrected chi connectivity index (χ4v) is 4.01. The summed E-state index contributed by atoms with van der Waals surface area (Å²) < 4.78 is 41.8. The van der Waals surface area contributed by atoms with Crippen molar-refractivity contribution in [1.29, 1.82) is 0 Å². The van der Waals surface area contributed by atoms with E-state index < -0.39 is 6.36 Å². The van der Waals surface area contributed by atoms with Crippen molar-refractivity contribution >= 4 is 26.7 Å². The van der Waals surface area contributed by atoms with Gasteiger partial charge in [0.25, 0.3) is 0 Å². The molecule has 0 saturated carbocycles. The minimum absolute atomic E-state index is 0.201. The number of ether oxygens (including phenoxy) is 1. The summed E-state index contributed by atoms with van der Waals surface area (Å²) in [6.45, 7) is 4.83. The lowest BCUT2D eigenvalue weighted by atomic mass is 10.1. The number of hydrogen-bond donors (Lipinski definition) is 1. The highest BCUT2D eigenvalue weighted by Crippen LogP contribution is 2.34. The minimum atomic E-state index is -4.68. The first-order valence-corrected chi connectivity index (χ1v) is 8.91. The van der Waals surface area contributed by atoms with E-state index in [9.17, 15) is 13.2 Å². The highest BCUT2D eigenvalue weighted by Gasteiger charge is 2.31. The summed E-state index contributed by atoms with van der Waals surface area (Å²) in [7, 11) is 0. The van der Waals surface area contributed by atoms with Crippen LogP contribution in [0.3, 0.4) is 0 Å². The molecule has 1 aromatic carbocycles. The predicted octanol–water partition coefficient (Wildman–Crippen LogP) is 4.16. The van der Waals surface area contributed by atoms with Gasteiger partial charge >= 0.3 is 6.36 Å². The largest absolute Gasteiger partial charge is 0.573 e. The first-order valence-electron chi connectivity index (χ1n) is 8.10. The van der Waals surface area contributed by atoms with Crippen molar-refractivity contribution in [3.8, 4) is 5.75 Å². The minimum Gasteiger partial charge on any atom is -0.406 e. The summed E-state index contributed by atoms with van der Waals surface area (Å²) in [5, 5.41) is 4.27. The molecule has 0 aliphatic carbocycles. The third-order valence-electron chi connectivity index (χ3n) is 4.07.